The van der Waals surface area contributed by atoms with Crippen molar-refractivity contribution < 1.29 is 54.1 Å². The molecule has 0 aromatic carbocycles. The van der Waals surface area contributed by atoms with Crippen LogP contribution in [-0.2, 0) is 28.6 Å². The highest BCUT2D eigenvalue weighted by molar-refractivity contribution is 5.73. The zero-order valence-electron chi connectivity index (χ0n) is 31.9. The van der Waals surface area contributed by atoms with Crippen LogP contribution < -0.4 is 0 Å². The minimum Gasteiger partial charge on any atom is -0.462 e. The molecule has 0 fully saturated rings. The highest BCUT2D eigenvalue weighted by Crippen LogP contribution is 2.27. The predicted octanol–water partition coefficient (Wildman–Crippen LogP) is 5.47. The van der Waals surface area contributed by atoms with Gasteiger partial charge < -0.3 is 39.7 Å². The van der Waals surface area contributed by atoms with Gasteiger partial charge in [-0.2, -0.15) is 0 Å². The SMILES string of the molecule is CCC[C@H](C/C(C)=C/[C@@H](O)[C@@H](C)[C@@H]1C[C@H](O)CCC/C=C(\C)CC[C@H](O)C[C@H](OC(C)=O)C[C@@H](O)CC[C@@H](C)[C@H](O)[C@H](C)C(=O)O1)OC(C)=O. The first-order chi connectivity index (χ1) is 23.4. The molecule has 0 unspecified atom stereocenters. The molecule has 0 bridgehead atoms. The standard InChI is InChI=1S/C39H68O11/c1-9-12-34(48-29(7)40)19-25(3)20-36(45)27(5)37-23-31(42)14-11-10-13-24(2)15-17-32(43)21-35(49-30(8)41)22-33(44)18-16-26(4)38(46)28(6)39(47)50-37/h13,20,26-28,31-38,42-46H,9-12,14-19,21-23H2,1-8H3/b24-13+,25-20+/t26-,27-,28+,31-,32+,33+,34-,35+,36-,37+,38+/m1/s1. The lowest BCUT2D eigenvalue weighted by Crippen LogP contribution is -2.40. The summed E-state index contributed by atoms with van der Waals surface area (Å²) in [5, 5.41) is 54.8. The lowest BCUT2D eigenvalue weighted by molar-refractivity contribution is -0.164. The molecule has 1 heterocycles. The van der Waals surface area contributed by atoms with Crippen LogP contribution >= 0.6 is 0 Å². The third kappa shape index (κ3) is 18.8. The maximum atomic E-state index is 13.4. The number of allylic oxidation sites excluding steroid dienone is 2. The topological polar surface area (TPSA) is 180 Å². The lowest BCUT2D eigenvalue weighted by Gasteiger charge is -2.31. The summed E-state index contributed by atoms with van der Waals surface area (Å²) >= 11 is 0. The Morgan fingerprint density at radius 1 is 0.960 bits per heavy atom. The number of hydrogen-bond acceptors (Lipinski definition) is 11. The van der Waals surface area contributed by atoms with Crippen molar-refractivity contribution in [3.63, 3.8) is 0 Å². The number of aliphatic hydroxyl groups excluding tert-OH is 5. The smallest absolute Gasteiger partial charge is 0.311 e. The lowest BCUT2D eigenvalue weighted by atomic mass is 9.87. The maximum Gasteiger partial charge on any atom is 0.311 e. The molecule has 0 aromatic heterocycles. The van der Waals surface area contributed by atoms with E-state index in [2.05, 4.69) is 6.08 Å². The number of hydrogen-bond donors (Lipinski definition) is 5. The van der Waals surface area contributed by atoms with Crippen LogP contribution in [0, 0.1) is 17.8 Å². The summed E-state index contributed by atoms with van der Waals surface area (Å²) < 4.78 is 16.8. The summed E-state index contributed by atoms with van der Waals surface area (Å²) in [6.45, 7) is 13.6. The Kier molecular flexibility index (Phi) is 22.0. The van der Waals surface area contributed by atoms with Crippen molar-refractivity contribution in [2.45, 2.75) is 188 Å². The minimum absolute atomic E-state index is 0.103. The first-order valence-electron chi connectivity index (χ1n) is 18.7. The van der Waals surface area contributed by atoms with E-state index in [9.17, 15) is 39.9 Å². The number of ether oxygens (including phenoxy) is 3. The van der Waals surface area contributed by atoms with Gasteiger partial charge in [-0.05, 0) is 78.1 Å². The van der Waals surface area contributed by atoms with Crippen molar-refractivity contribution in [3.8, 4) is 0 Å². The summed E-state index contributed by atoms with van der Waals surface area (Å²) in [6.07, 6.45) is 3.50. The second-order valence-corrected chi connectivity index (χ2v) is 14.8. The third-order valence-corrected chi connectivity index (χ3v) is 9.78. The Morgan fingerprint density at radius 2 is 1.58 bits per heavy atom. The fourth-order valence-electron chi connectivity index (χ4n) is 6.59. The third-order valence-electron chi connectivity index (χ3n) is 9.78. The van der Waals surface area contributed by atoms with Gasteiger partial charge in [0.2, 0.25) is 0 Å². The largest absolute Gasteiger partial charge is 0.462 e. The van der Waals surface area contributed by atoms with Crippen molar-refractivity contribution in [2.75, 3.05) is 0 Å². The summed E-state index contributed by atoms with van der Waals surface area (Å²) in [5.74, 6) is -3.40. The zero-order valence-corrected chi connectivity index (χ0v) is 31.9. The van der Waals surface area contributed by atoms with Gasteiger partial charge in [-0.15, -0.1) is 0 Å². The van der Waals surface area contributed by atoms with Crippen LogP contribution in [0.5, 0.6) is 0 Å². The second kappa shape index (κ2) is 24.0. The Morgan fingerprint density at radius 3 is 2.18 bits per heavy atom. The summed E-state index contributed by atoms with van der Waals surface area (Å²) in [5.41, 5.74) is 1.91. The van der Waals surface area contributed by atoms with Gasteiger partial charge in [0.05, 0.1) is 36.4 Å². The van der Waals surface area contributed by atoms with E-state index in [1.54, 1.807) is 26.8 Å². The van der Waals surface area contributed by atoms with Crippen molar-refractivity contribution in [3.05, 3.63) is 23.3 Å². The Hall–Kier alpha value is -2.31. The minimum atomic E-state index is -1.08. The number of aliphatic hydroxyl groups is 5. The molecule has 0 saturated carbocycles. The molecule has 1 aliphatic heterocycles. The second-order valence-electron chi connectivity index (χ2n) is 14.8. The van der Waals surface area contributed by atoms with Crippen LogP contribution in [0.3, 0.4) is 0 Å². The number of carbonyl (C=O) groups excluding carboxylic acids is 3. The van der Waals surface area contributed by atoms with E-state index in [-0.39, 0.29) is 43.7 Å². The Bertz CT molecular complexity index is 1070. The number of rotatable bonds is 9. The zero-order chi connectivity index (χ0) is 38.0. The van der Waals surface area contributed by atoms with E-state index in [1.807, 2.05) is 20.8 Å². The van der Waals surface area contributed by atoms with Gasteiger partial charge in [-0.3, -0.25) is 14.4 Å². The molecule has 11 nitrogen and oxygen atoms in total. The average Bonchev–Trinajstić information content (AvgIpc) is 3.02. The van der Waals surface area contributed by atoms with Gasteiger partial charge in [0.1, 0.15) is 18.3 Å². The maximum absolute atomic E-state index is 13.4. The van der Waals surface area contributed by atoms with E-state index in [0.29, 0.717) is 51.4 Å². The molecule has 290 valence electrons. The van der Waals surface area contributed by atoms with Crippen molar-refractivity contribution in [2.24, 2.45) is 17.8 Å². The summed E-state index contributed by atoms with van der Waals surface area (Å²) in [7, 11) is 0. The highest BCUT2D eigenvalue weighted by Gasteiger charge is 2.34. The molecule has 0 amide bonds. The van der Waals surface area contributed by atoms with Crippen molar-refractivity contribution >= 4 is 17.9 Å². The van der Waals surface area contributed by atoms with E-state index in [1.165, 1.54) is 13.8 Å². The van der Waals surface area contributed by atoms with E-state index < -0.39 is 66.5 Å². The van der Waals surface area contributed by atoms with E-state index in [0.717, 1.165) is 17.6 Å². The highest BCUT2D eigenvalue weighted by atomic mass is 16.6. The Balaban J connectivity index is 3.22. The average molecular weight is 713 g/mol. The fourth-order valence-corrected chi connectivity index (χ4v) is 6.59. The van der Waals surface area contributed by atoms with Crippen LogP contribution in [0.1, 0.15) is 139 Å². The molecule has 1 aliphatic rings. The molecule has 50 heavy (non-hydrogen) atoms. The van der Waals surface area contributed by atoms with Gasteiger partial charge in [0.25, 0.3) is 0 Å². The molecule has 11 heteroatoms. The van der Waals surface area contributed by atoms with E-state index >= 15 is 0 Å². The molecule has 11 atom stereocenters. The van der Waals surface area contributed by atoms with Gasteiger partial charge in [-0.1, -0.05) is 50.5 Å². The van der Waals surface area contributed by atoms with E-state index in [4.69, 9.17) is 14.2 Å². The summed E-state index contributed by atoms with van der Waals surface area (Å²) in [6, 6.07) is 0. The molecule has 0 radical (unpaired) electrons. The van der Waals surface area contributed by atoms with Crippen LogP contribution in [0.15, 0.2) is 23.3 Å². The van der Waals surface area contributed by atoms with Crippen LogP contribution in [0.25, 0.3) is 0 Å². The molecule has 0 aromatic rings. The molecular formula is C39H68O11. The molecule has 0 aliphatic carbocycles. The molecular weight excluding hydrogens is 644 g/mol. The monoisotopic (exact) mass is 712 g/mol. The molecule has 0 saturated heterocycles. The fraction of sp³-hybridized carbons (Fsp3) is 0.821. The Labute approximate surface area is 300 Å². The first-order valence-corrected chi connectivity index (χ1v) is 18.7. The normalized spacial score (nSPS) is 32.1. The van der Waals surface area contributed by atoms with Crippen LogP contribution in [0.4, 0.5) is 0 Å². The van der Waals surface area contributed by atoms with Crippen LogP contribution in [-0.4, -0.2) is 92.3 Å². The van der Waals surface area contributed by atoms with Crippen molar-refractivity contribution in [1.82, 2.24) is 0 Å². The molecule has 0 spiro atoms. The van der Waals surface area contributed by atoms with Crippen molar-refractivity contribution in [1.29, 1.82) is 0 Å². The first kappa shape index (κ1) is 45.7. The van der Waals surface area contributed by atoms with Crippen LogP contribution in [0.2, 0.25) is 0 Å². The van der Waals surface area contributed by atoms with Gasteiger partial charge in [0, 0.05) is 45.4 Å². The number of esters is 3. The predicted molar refractivity (Wildman–Crippen MR) is 192 cm³/mol. The molecule has 1 rings (SSSR count). The number of carbonyl (C=O) groups is 3. The number of cyclic esters (lactones) is 1. The van der Waals surface area contributed by atoms with Gasteiger partial charge >= 0.3 is 17.9 Å². The summed E-state index contributed by atoms with van der Waals surface area (Å²) in [4.78, 5) is 36.7. The van der Waals surface area contributed by atoms with Gasteiger partial charge in [-0.25, -0.2) is 0 Å². The quantitative estimate of drug-likeness (QED) is 0.116. The van der Waals surface area contributed by atoms with Gasteiger partial charge in [0.15, 0.2) is 0 Å². The molecule has 5 N–H and O–H groups in total.